The molecule has 0 N–H and O–H groups in total. The maximum atomic E-state index is 12.5. The Morgan fingerprint density at radius 1 is 1.31 bits per heavy atom. The molecule has 3 nitrogen and oxygen atoms in total. The Morgan fingerprint density at radius 3 is 2.65 bits per heavy atom. The van der Waals surface area contributed by atoms with Crippen molar-refractivity contribution >= 4 is 11.5 Å². The Hall–Kier alpha value is -2.34. The normalized spacial score (nSPS) is 19.5. The second-order valence-electron chi connectivity index (χ2n) is 7.10. The van der Waals surface area contributed by atoms with Crippen molar-refractivity contribution in [2.75, 3.05) is 6.61 Å². The van der Waals surface area contributed by atoms with E-state index in [0.717, 1.165) is 36.8 Å². The highest BCUT2D eigenvalue weighted by molar-refractivity contribution is 5.95. The lowest BCUT2D eigenvalue weighted by Gasteiger charge is -2.14. The summed E-state index contributed by atoms with van der Waals surface area (Å²) < 4.78 is 5.49. The largest absolute Gasteiger partial charge is 0.461 e. The number of carbonyl (C=O) groups excluding carboxylic acids is 1. The number of esters is 1. The summed E-state index contributed by atoms with van der Waals surface area (Å²) in [6, 6.07) is 12.2. The minimum Gasteiger partial charge on any atom is -0.461 e. The summed E-state index contributed by atoms with van der Waals surface area (Å²) in [5.74, 6) is 0.188. The first-order chi connectivity index (χ1) is 12.6. The van der Waals surface area contributed by atoms with Gasteiger partial charge in [0.1, 0.15) is 11.6 Å². The fourth-order valence-electron chi connectivity index (χ4n) is 3.41. The number of benzene rings is 1. The molecule has 0 amide bonds. The summed E-state index contributed by atoms with van der Waals surface area (Å²) in [5, 5.41) is 9.53. The number of carbonyl (C=O) groups is 1. The maximum absolute atomic E-state index is 12.5. The molecule has 1 aliphatic rings. The highest BCUT2D eigenvalue weighted by atomic mass is 16.5. The Labute approximate surface area is 157 Å². The van der Waals surface area contributed by atoms with Gasteiger partial charge in [0.2, 0.25) is 0 Å². The summed E-state index contributed by atoms with van der Waals surface area (Å²) in [7, 11) is 0. The molecule has 0 saturated carbocycles. The molecule has 0 aliphatic heterocycles. The van der Waals surface area contributed by atoms with Crippen molar-refractivity contribution in [2.45, 2.75) is 52.9 Å². The first kappa shape index (κ1) is 20.0. The summed E-state index contributed by atoms with van der Waals surface area (Å²) in [6.07, 6.45) is 7.03. The number of rotatable bonds is 8. The number of ether oxygens (including phenoxy) is 1. The zero-order chi connectivity index (χ0) is 18.9. The first-order valence-electron chi connectivity index (χ1n) is 9.68. The highest BCUT2D eigenvalue weighted by Gasteiger charge is 2.25. The van der Waals surface area contributed by atoms with Gasteiger partial charge in [-0.15, -0.1) is 0 Å². The Morgan fingerprint density at radius 2 is 2.04 bits per heavy atom. The average molecular weight is 351 g/mol. The SMILES string of the molecule is CCCCC(CC)COC(=O)/C(C#N)=C1/C=C(c2ccccc2)C(C)C1. The van der Waals surface area contributed by atoms with Crippen molar-refractivity contribution in [1.82, 2.24) is 0 Å². The molecule has 2 atom stereocenters. The van der Waals surface area contributed by atoms with Crippen molar-refractivity contribution in [3.63, 3.8) is 0 Å². The number of hydrogen-bond donors (Lipinski definition) is 0. The summed E-state index contributed by atoms with van der Waals surface area (Å²) in [6.45, 7) is 6.81. The lowest BCUT2D eigenvalue weighted by atomic mass is 9.96. The fourth-order valence-corrected chi connectivity index (χ4v) is 3.41. The molecule has 1 aromatic rings. The van der Waals surface area contributed by atoms with Crippen LogP contribution in [0.4, 0.5) is 0 Å². The number of hydrogen-bond acceptors (Lipinski definition) is 3. The second kappa shape index (κ2) is 9.97. The molecule has 0 aromatic heterocycles. The van der Waals surface area contributed by atoms with Crippen LogP contribution in [0.3, 0.4) is 0 Å². The van der Waals surface area contributed by atoms with Crippen LogP contribution in [0.25, 0.3) is 5.57 Å². The molecular formula is C23H29NO2. The Balaban J connectivity index is 2.12. The van der Waals surface area contributed by atoms with Crippen LogP contribution < -0.4 is 0 Å². The molecule has 2 unspecified atom stereocenters. The molecule has 2 rings (SSSR count). The smallest absolute Gasteiger partial charge is 0.349 e. The van der Waals surface area contributed by atoms with Gasteiger partial charge in [0, 0.05) is 0 Å². The highest BCUT2D eigenvalue weighted by Crippen LogP contribution is 2.37. The predicted octanol–water partition coefficient (Wildman–Crippen LogP) is 5.69. The van der Waals surface area contributed by atoms with Gasteiger partial charge >= 0.3 is 5.97 Å². The van der Waals surface area contributed by atoms with Crippen LogP contribution >= 0.6 is 0 Å². The lowest BCUT2D eigenvalue weighted by molar-refractivity contribution is -0.140. The van der Waals surface area contributed by atoms with Crippen molar-refractivity contribution in [2.24, 2.45) is 11.8 Å². The molecule has 0 fully saturated rings. The van der Waals surface area contributed by atoms with Gasteiger partial charge in [0.25, 0.3) is 0 Å². The van der Waals surface area contributed by atoms with Gasteiger partial charge in [-0.05, 0) is 41.4 Å². The molecule has 3 heteroatoms. The Bertz CT molecular complexity index is 709. The van der Waals surface area contributed by atoms with E-state index >= 15 is 0 Å². The summed E-state index contributed by atoms with van der Waals surface area (Å²) in [4.78, 5) is 12.5. The van der Waals surface area contributed by atoms with Crippen LogP contribution in [0.5, 0.6) is 0 Å². The van der Waals surface area contributed by atoms with Gasteiger partial charge in [-0.3, -0.25) is 0 Å². The van der Waals surface area contributed by atoms with Gasteiger partial charge in [-0.2, -0.15) is 5.26 Å². The van der Waals surface area contributed by atoms with Crippen LogP contribution in [0.15, 0.2) is 47.6 Å². The van der Waals surface area contributed by atoms with E-state index in [2.05, 4.69) is 39.0 Å². The van der Waals surface area contributed by atoms with E-state index in [0.29, 0.717) is 18.9 Å². The van der Waals surface area contributed by atoms with Gasteiger partial charge in [0.05, 0.1) is 6.61 Å². The van der Waals surface area contributed by atoms with Crippen LogP contribution in [0.1, 0.15) is 58.4 Å². The molecule has 0 radical (unpaired) electrons. The number of nitrogens with zero attached hydrogens (tertiary/aromatic N) is 1. The van der Waals surface area contributed by atoms with Crippen LogP contribution in [-0.4, -0.2) is 12.6 Å². The van der Waals surface area contributed by atoms with Gasteiger partial charge in [0.15, 0.2) is 0 Å². The molecule has 0 bridgehead atoms. The maximum Gasteiger partial charge on any atom is 0.349 e. The zero-order valence-corrected chi connectivity index (χ0v) is 16.1. The van der Waals surface area contributed by atoms with Crippen molar-refractivity contribution in [1.29, 1.82) is 5.26 Å². The quantitative estimate of drug-likeness (QED) is 0.343. The monoisotopic (exact) mass is 351 g/mol. The van der Waals surface area contributed by atoms with E-state index in [1.54, 1.807) is 0 Å². The summed E-state index contributed by atoms with van der Waals surface area (Å²) >= 11 is 0. The van der Waals surface area contributed by atoms with Gasteiger partial charge in [-0.1, -0.05) is 76.4 Å². The third kappa shape index (κ3) is 5.08. The molecule has 0 heterocycles. The topological polar surface area (TPSA) is 50.1 Å². The molecular weight excluding hydrogens is 322 g/mol. The number of unbranched alkanes of at least 4 members (excludes halogenated alkanes) is 1. The molecule has 0 saturated heterocycles. The molecule has 26 heavy (non-hydrogen) atoms. The third-order valence-electron chi connectivity index (χ3n) is 5.12. The van der Waals surface area contributed by atoms with Crippen LogP contribution in [0, 0.1) is 23.2 Å². The molecule has 1 aromatic carbocycles. The van der Waals surface area contributed by atoms with Crippen molar-refractivity contribution in [3.05, 3.63) is 53.1 Å². The van der Waals surface area contributed by atoms with Crippen LogP contribution in [-0.2, 0) is 9.53 Å². The summed E-state index contributed by atoms with van der Waals surface area (Å²) in [5.41, 5.74) is 3.28. The minimum atomic E-state index is -0.477. The zero-order valence-electron chi connectivity index (χ0n) is 16.1. The molecule has 0 spiro atoms. The van der Waals surface area contributed by atoms with Gasteiger partial charge < -0.3 is 4.74 Å². The van der Waals surface area contributed by atoms with E-state index in [1.807, 2.05) is 24.3 Å². The number of allylic oxidation sites excluding steroid dienone is 3. The molecule has 1 aliphatic carbocycles. The van der Waals surface area contributed by atoms with E-state index in [4.69, 9.17) is 4.74 Å². The van der Waals surface area contributed by atoms with Crippen molar-refractivity contribution in [3.8, 4) is 6.07 Å². The Kier molecular flexibility index (Phi) is 7.66. The van der Waals surface area contributed by atoms with E-state index < -0.39 is 5.97 Å². The lowest BCUT2D eigenvalue weighted by Crippen LogP contribution is -2.15. The average Bonchev–Trinajstić information content (AvgIpc) is 3.04. The minimum absolute atomic E-state index is 0.160. The third-order valence-corrected chi connectivity index (χ3v) is 5.12. The number of nitriles is 1. The standard InChI is InChI=1S/C23H29NO2/c1-4-6-10-18(5-2)16-26-23(25)22(15-24)20-13-17(3)21(14-20)19-11-8-7-9-12-19/h7-9,11-12,14,17-18H,4-6,10,13,16H2,1-3H3/b22-20+. The second-order valence-corrected chi connectivity index (χ2v) is 7.10. The fraction of sp³-hybridized carbons (Fsp3) is 0.478. The van der Waals surface area contributed by atoms with E-state index in [1.165, 1.54) is 5.57 Å². The van der Waals surface area contributed by atoms with E-state index in [-0.39, 0.29) is 11.5 Å². The molecule has 138 valence electrons. The van der Waals surface area contributed by atoms with Crippen LogP contribution in [0.2, 0.25) is 0 Å². The predicted molar refractivity (Wildman–Crippen MR) is 105 cm³/mol. The van der Waals surface area contributed by atoms with Crippen molar-refractivity contribution < 1.29 is 9.53 Å². The van der Waals surface area contributed by atoms with Gasteiger partial charge in [-0.25, -0.2) is 4.79 Å². The first-order valence-corrected chi connectivity index (χ1v) is 9.68. The van der Waals surface area contributed by atoms with E-state index in [9.17, 15) is 10.1 Å².